The number of carbonyl (C=O) groups excluding carboxylic acids is 1. The largest absolute Gasteiger partial charge is 0.465 e. The second kappa shape index (κ2) is 7.75. The summed E-state index contributed by atoms with van der Waals surface area (Å²) in [5.41, 5.74) is 0.305. The number of benzene rings is 1. The van der Waals surface area contributed by atoms with E-state index in [1.807, 2.05) is 18.2 Å². The molecule has 2 aromatic rings. The number of fused-ring (bicyclic) bond motifs is 1. The molecule has 1 N–H and O–H groups in total. The topological polar surface area (TPSA) is 100 Å². The highest BCUT2D eigenvalue weighted by Crippen LogP contribution is 2.40. The average Bonchev–Trinajstić information content (AvgIpc) is 3.37. The van der Waals surface area contributed by atoms with Gasteiger partial charge in [0.15, 0.2) is 17.3 Å². The Balaban J connectivity index is 1.66. The summed E-state index contributed by atoms with van der Waals surface area (Å²) in [6.07, 6.45) is 3.75. The van der Waals surface area contributed by atoms with Gasteiger partial charge in [0.1, 0.15) is 0 Å². The monoisotopic (exact) mass is 387 g/mol. The van der Waals surface area contributed by atoms with Crippen LogP contribution in [0.2, 0.25) is 0 Å². The maximum Gasteiger partial charge on any atom is 0.319 e. The van der Waals surface area contributed by atoms with Gasteiger partial charge in [0.2, 0.25) is 6.79 Å². The maximum atomic E-state index is 12.0. The molecule has 1 aromatic carbocycles. The van der Waals surface area contributed by atoms with Gasteiger partial charge in [-0.25, -0.2) is 0 Å². The SMILES string of the molecule is CCOC(=O)CNC1(c2nnnn2-c2ccc3c(c2)OCO3)CCC(C)CC1. The number of carbonyl (C=O) groups is 1. The summed E-state index contributed by atoms with van der Waals surface area (Å²) in [6.45, 7) is 4.74. The van der Waals surface area contributed by atoms with Gasteiger partial charge in [-0.1, -0.05) is 6.92 Å². The predicted octanol–water partition coefficient (Wildman–Crippen LogP) is 1.95. The van der Waals surface area contributed by atoms with Crippen LogP contribution in [0, 0.1) is 5.92 Å². The molecule has 0 bridgehead atoms. The van der Waals surface area contributed by atoms with Crippen molar-refractivity contribution in [2.75, 3.05) is 19.9 Å². The van der Waals surface area contributed by atoms with Crippen LogP contribution in [0.5, 0.6) is 11.5 Å². The second-order valence-corrected chi connectivity index (χ2v) is 7.38. The highest BCUT2D eigenvalue weighted by atomic mass is 16.7. The number of tetrazole rings is 1. The molecule has 9 heteroatoms. The van der Waals surface area contributed by atoms with Crippen LogP contribution in [-0.4, -0.2) is 46.1 Å². The fraction of sp³-hybridized carbons (Fsp3) is 0.579. The lowest BCUT2D eigenvalue weighted by Crippen LogP contribution is -2.49. The molecule has 150 valence electrons. The smallest absolute Gasteiger partial charge is 0.319 e. The third-order valence-electron chi connectivity index (χ3n) is 5.50. The number of aromatic nitrogens is 4. The van der Waals surface area contributed by atoms with E-state index in [0.717, 1.165) is 31.4 Å². The van der Waals surface area contributed by atoms with Crippen molar-refractivity contribution >= 4 is 5.97 Å². The molecule has 0 unspecified atom stereocenters. The molecule has 0 saturated heterocycles. The second-order valence-electron chi connectivity index (χ2n) is 7.38. The van der Waals surface area contributed by atoms with Gasteiger partial charge in [-0.05, 0) is 61.1 Å². The molecular weight excluding hydrogens is 362 g/mol. The highest BCUT2D eigenvalue weighted by molar-refractivity contribution is 5.71. The van der Waals surface area contributed by atoms with Crippen LogP contribution < -0.4 is 14.8 Å². The number of nitrogens with zero attached hydrogens (tertiary/aromatic N) is 4. The molecule has 0 radical (unpaired) electrons. The summed E-state index contributed by atoms with van der Waals surface area (Å²) in [6, 6.07) is 5.62. The number of nitrogens with one attached hydrogen (secondary N) is 1. The quantitative estimate of drug-likeness (QED) is 0.751. The van der Waals surface area contributed by atoms with Crippen LogP contribution in [0.3, 0.4) is 0 Å². The average molecular weight is 387 g/mol. The van der Waals surface area contributed by atoms with Crippen molar-refractivity contribution in [2.24, 2.45) is 5.92 Å². The van der Waals surface area contributed by atoms with Crippen molar-refractivity contribution in [1.29, 1.82) is 0 Å². The van der Waals surface area contributed by atoms with Gasteiger partial charge >= 0.3 is 5.97 Å². The van der Waals surface area contributed by atoms with Crippen LogP contribution in [0.15, 0.2) is 18.2 Å². The summed E-state index contributed by atoms with van der Waals surface area (Å²) in [4.78, 5) is 12.0. The lowest BCUT2D eigenvalue weighted by molar-refractivity contribution is -0.142. The highest BCUT2D eigenvalue weighted by Gasteiger charge is 2.41. The van der Waals surface area contributed by atoms with E-state index in [1.54, 1.807) is 11.6 Å². The van der Waals surface area contributed by atoms with Gasteiger partial charge in [-0.3, -0.25) is 10.1 Å². The Hall–Kier alpha value is -2.68. The number of ether oxygens (including phenoxy) is 3. The van der Waals surface area contributed by atoms with Gasteiger partial charge in [-0.15, -0.1) is 5.10 Å². The van der Waals surface area contributed by atoms with E-state index < -0.39 is 5.54 Å². The molecule has 0 amide bonds. The summed E-state index contributed by atoms with van der Waals surface area (Å²) >= 11 is 0. The van der Waals surface area contributed by atoms with Crippen LogP contribution in [0.1, 0.15) is 45.4 Å². The summed E-state index contributed by atoms with van der Waals surface area (Å²) in [5.74, 6) is 2.43. The molecule has 28 heavy (non-hydrogen) atoms. The Morgan fingerprint density at radius 3 is 2.89 bits per heavy atom. The van der Waals surface area contributed by atoms with E-state index in [1.165, 1.54) is 0 Å². The first-order chi connectivity index (χ1) is 13.6. The van der Waals surface area contributed by atoms with Crippen molar-refractivity contribution in [1.82, 2.24) is 25.5 Å². The molecule has 4 rings (SSSR count). The van der Waals surface area contributed by atoms with Crippen molar-refractivity contribution < 1.29 is 19.0 Å². The Bertz CT molecular complexity index is 845. The number of hydrogen-bond acceptors (Lipinski definition) is 8. The molecule has 0 atom stereocenters. The van der Waals surface area contributed by atoms with Gasteiger partial charge in [0.25, 0.3) is 0 Å². The molecule has 0 spiro atoms. The minimum absolute atomic E-state index is 0.121. The molecule has 1 aromatic heterocycles. The standard InChI is InChI=1S/C19H25N5O4/c1-3-26-17(25)11-20-19(8-6-13(2)7-9-19)18-21-22-23-24(18)14-4-5-15-16(10-14)28-12-27-15/h4-5,10,13,20H,3,6-9,11-12H2,1-2H3. The van der Waals surface area contributed by atoms with E-state index in [0.29, 0.717) is 29.8 Å². The molecule has 1 aliphatic carbocycles. The fourth-order valence-corrected chi connectivity index (χ4v) is 3.86. The van der Waals surface area contributed by atoms with E-state index in [-0.39, 0.29) is 19.3 Å². The summed E-state index contributed by atoms with van der Waals surface area (Å²) in [7, 11) is 0. The van der Waals surface area contributed by atoms with Crippen molar-refractivity contribution in [3.63, 3.8) is 0 Å². The molecule has 1 saturated carbocycles. The first-order valence-electron chi connectivity index (χ1n) is 9.71. The molecule has 2 heterocycles. The van der Waals surface area contributed by atoms with E-state index in [9.17, 15) is 4.79 Å². The number of rotatable bonds is 6. The minimum Gasteiger partial charge on any atom is -0.465 e. The lowest BCUT2D eigenvalue weighted by Gasteiger charge is -2.38. The van der Waals surface area contributed by atoms with Crippen LogP contribution >= 0.6 is 0 Å². The summed E-state index contributed by atoms with van der Waals surface area (Å²) < 4.78 is 17.7. The third kappa shape index (κ3) is 3.54. The number of hydrogen-bond donors (Lipinski definition) is 1. The van der Waals surface area contributed by atoms with Crippen LogP contribution in [-0.2, 0) is 15.1 Å². The normalized spacial score (nSPS) is 23.6. The zero-order chi connectivity index (χ0) is 19.6. The van der Waals surface area contributed by atoms with Gasteiger partial charge in [0.05, 0.1) is 24.4 Å². The van der Waals surface area contributed by atoms with Crippen LogP contribution in [0.25, 0.3) is 5.69 Å². The van der Waals surface area contributed by atoms with Gasteiger partial charge in [-0.2, -0.15) is 4.68 Å². The van der Waals surface area contributed by atoms with E-state index in [4.69, 9.17) is 14.2 Å². The zero-order valence-electron chi connectivity index (χ0n) is 16.2. The van der Waals surface area contributed by atoms with E-state index >= 15 is 0 Å². The van der Waals surface area contributed by atoms with Gasteiger partial charge < -0.3 is 14.2 Å². The minimum atomic E-state index is -0.487. The lowest BCUT2D eigenvalue weighted by atomic mass is 9.76. The number of esters is 1. The van der Waals surface area contributed by atoms with Crippen molar-refractivity contribution in [2.45, 2.75) is 45.1 Å². The van der Waals surface area contributed by atoms with Gasteiger partial charge in [0, 0.05) is 6.07 Å². The van der Waals surface area contributed by atoms with E-state index in [2.05, 4.69) is 27.8 Å². The fourth-order valence-electron chi connectivity index (χ4n) is 3.86. The van der Waals surface area contributed by atoms with Crippen LogP contribution in [0.4, 0.5) is 0 Å². The van der Waals surface area contributed by atoms with Crippen molar-refractivity contribution in [3.05, 3.63) is 24.0 Å². The molecule has 1 fully saturated rings. The maximum absolute atomic E-state index is 12.0. The van der Waals surface area contributed by atoms with Crippen molar-refractivity contribution in [3.8, 4) is 17.2 Å². The Labute approximate surface area is 163 Å². The molecule has 1 aliphatic heterocycles. The Morgan fingerprint density at radius 1 is 1.32 bits per heavy atom. The summed E-state index contributed by atoms with van der Waals surface area (Å²) in [5, 5.41) is 15.9. The molecular formula is C19H25N5O4. The molecule has 2 aliphatic rings. The molecule has 9 nitrogen and oxygen atoms in total. The zero-order valence-corrected chi connectivity index (χ0v) is 16.2. The predicted molar refractivity (Wildman–Crippen MR) is 99.2 cm³/mol. The first kappa shape index (κ1) is 18.7. The Morgan fingerprint density at radius 2 is 2.11 bits per heavy atom. The first-order valence-corrected chi connectivity index (χ1v) is 9.71. The Kier molecular flexibility index (Phi) is 5.17. The third-order valence-corrected chi connectivity index (χ3v) is 5.50.